The molecule has 1 heterocycles. The van der Waals surface area contributed by atoms with Crippen LogP contribution in [0.2, 0.25) is 0 Å². The number of aldehydes is 1. The normalized spacial score (nSPS) is 9.30. The molecule has 1 aromatic rings. The molecule has 1 aromatic heterocycles. The number of anilines is 1. The largest absolute Gasteiger partial charge is 0.383 e. The van der Waals surface area contributed by atoms with E-state index in [1.807, 2.05) is 0 Å². The van der Waals surface area contributed by atoms with Crippen LogP contribution in [0.5, 0.6) is 0 Å². The summed E-state index contributed by atoms with van der Waals surface area (Å²) in [7, 11) is 0. The molecule has 1 rings (SSSR count). The minimum absolute atomic E-state index is 0.0741. The molecule has 0 saturated heterocycles. The zero-order valence-electron chi connectivity index (χ0n) is 5.04. The van der Waals surface area contributed by atoms with Gasteiger partial charge in [-0.15, -0.1) is 0 Å². The fourth-order valence-electron chi connectivity index (χ4n) is 0.560. The summed E-state index contributed by atoms with van der Waals surface area (Å²) in [4.78, 5) is 13.3. The minimum Gasteiger partial charge on any atom is -0.383 e. The Bertz CT molecular complexity index is 262. The molecule has 4 heteroatoms. The lowest BCUT2D eigenvalue weighted by Gasteiger charge is -1.94. The summed E-state index contributed by atoms with van der Waals surface area (Å²) in [6, 6.07) is 2.37. The summed E-state index contributed by atoms with van der Waals surface area (Å²) in [6.07, 6.45) is 0.530. The zero-order chi connectivity index (χ0) is 7.56. The highest BCUT2D eigenvalue weighted by atomic mass is 19.1. The van der Waals surface area contributed by atoms with Gasteiger partial charge in [-0.3, -0.25) is 4.79 Å². The molecule has 0 aromatic carbocycles. The molecule has 0 radical (unpaired) electrons. The number of carbonyl (C=O) groups excluding carboxylic acids is 1. The smallest absolute Gasteiger partial charge is 0.214 e. The van der Waals surface area contributed by atoms with Gasteiger partial charge in [-0.1, -0.05) is 0 Å². The third-order valence-electron chi connectivity index (χ3n) is 1.05. The molecule has 0 unspecified atom stereocenters. The number of rotatable bonds is 1. The molecule has 0 saturated carbocycles. The van der Waals surface area contributed by atoms with Crippen molar-refractivity contribution < 1.29 is 9.18 Å². The van der Waals surface area contributed by atoms with E-state index >= 15 is 0 Å². The van der Waals surface area contributed by atoms with Gasteiger partial charge in [0.15, 0.2) is 6.29 Å². The second kappa shape index (κ2) is 2.43. The average molecular weight is 140 g/mol. The summed E-state index contributed by atoms with van der Waals surface area (Å²) in [5, 5.41) is 0. The Balaban J connectivity index is 3.19. The molecule has 0 fully saturated rings. The monoisotopic (exact) mass is 140 g/mol. The lowest BCUT2D eigenvalue weighted by Crippen LogP contribution is -1.97. The highest BCUT2D eigenvalue weighted by Crippen LogP contribution is 2.04. The van der Waals surface area contributed by atoms with Crippen molar-refractivity contribution in [3.8, 4) is 0 Å². The Morgan fingerprint density at radius 2 is 2.30 bits per heavy atom. The summed E-state index contributed by atoms with van der Waals surface area (Å²) in [5.74, 6) is -0.752. The first-order valence-corrected chi connectivity index (χ1v) is 2.61. The second-order valence-electron chi connectivity index (χ2n) is 1.73. The number of halogens is 1. The number of nitrogens with two attached hydrogens (primary N) is 1. The Labute approximate surface area is 56.7 Å². The van der Waals surface area contributed by atoms with Crippen molar-refractivity contribution in [2.75, 3.05) is 5.73 Å². The second-order valence-corrected chi connectivity index (χ2v) is 1.73. The molecule has 0 atom stereocenters. The average Bonchev–Trinajstić information content (AvgIpc) is 1.88. The maximum Gasteiger partial charge on any atom is 0.214 e. The minimum atomic E-state index is -0.678. The highest BCUT2D eigenvalue weighted by Gasteiger charge is 1.98. The van der Waals surface area contributed by atoms with E-state index < -0.39 is 5.95 Å². The van der Waals surface area contributed by atoms with Crippen LogP contribution < -0.4 is 5.73 Å². The van der Waals surface area contributed by atoms with Crippen molar-refractivity contribution in [2.45, 2.75) is 0 Å². The summed E-state index contributed by atoms with van der Waals surface area (Å²) in [6.45, 7) is 0. The maximum absolute atomic E-state index is 12.2. The van der Waals surface area contributed by atoms with Gasteiger partial charge in [0.25, 0.3) is 0 Å². The van der Waals surface area contributed by atoms with Crippen LogP contribution in [-0.4, -0.2) is 11.3 Å². The lowest BCUT2D eigenvalue weighted by molar-refractivity contribution is 0.112. The van der Waals surface area contributed by atoms with E-state index in [0.717, 1.165) is 6.07 Å². The van der Waals surface area contributed by atoms with Gasteiger partial charge in [-0.25, -0.2) is 4.98 Å². The van der Waals surface area contributed by atoms with Crippen LogP contribution in [0.3, 0.4) is 0 Å². The van der Waals surface area contributed by atoms with Crippen molar-refractivity contribution in [2.24, 2.45) is 0 Å². The fraction of sp³-hybridized carbons (Fsp3) is 0. The van der Waals surface area contributed by atoms with Gasteiger partial charge in [0.2, 0.25) is 5.95 Å². The van der Waals surface area contributed by atoms with E-state index in [1.54, 1.807) is 0 Å². The Hall–Kier alpha value is -1.45. The Morgan fingerprint density at radius 1 is 1.60 bits per heavy atom. The molecular weight excluding hydrogens is 135 g/mol. The summed E-state index contributed by atoms with van der Waals surface area (Å²) >= 11 is 0. The Morgan fingerprint density at radius 3 is 2.80 bits per heavy atom. The van der Waals surface area contributed by atoms with E-state index in [9.17, 15) is 9.18 Å². The first-order chi connectivity index (χ1) is 4.74. The predicted octanol–water partition coefficient (Wildman–Crippen LogP) is 0.615. The van der Waals surface area contributed by atoms with Crippen molar-refractivity contribution in [3.63, 3.8) is 0 Å². The van der Waals surface area contributed by atoms with Gasteiger partial charge in [-0.05, 0) is 12.1 Å². The maximum atomic E-state index is 12.2. The fourth-order valence-corrected chi connectivity index (χ4v) is 0.560. The van der Waals surface area contributed by atoms with E-state index in [0.29, 0.717) is 6.29 Å². The van der Waals surface area contributed by atoms with E-state index in [2.05, 4.69) is 4.98 Å². The van der Waals surface area contributed by atoms with Gasteiger partial charge in [0, 0.05) is 0 Å². The summed E-state index contributed by atoms with van der Waals surface area (Å²) < 4.78 is 12.2. The van der Waals surface area contributed by atoms with Crippen LogP contribution in [0.25, 0.3) is 0 Å². The first-order valence-electron chi connectivity index (χ1n) is 2.61. The van der Waals surface area contributed by atoms with Crippen LogP contribution >= 0.6 is 0 Å². The standard InChI is InChI=1S/C6H5FN2O/c7-5-2-1-4(3-10)6(8)9-5/h1-3H,(H2,8,9). The van der Waals surface area contributed by atoms with Gasteiger partial charge in [-0.2, -0.15) is 4.39 Å². The number of pyridine rings is 1. The first kappa shape index (κ1) is 6.67. The number of nitrogens with zero attached hydrogens (tertiary/aromatic N) is 1. The molecule has 0 amide bonds. The number of hydrogen-bond donors (Lipinski definition) is 1. The van der Waals surface area contributed by atoms with Crippen LogP contribution in [0.1, 0.15) is 10.4 Å². The molecule has 52 valence electrons. The quantitative estimate of drug-likeness (QED) is 0.459. The molecule has 3 nitrogen and oxygen atoms in total. The Kier molecular flexibility index (Phi) is 1.62. The van der Waals surface area contributed by atoms with E-state index in [4.69, 9.17) is 5.73 Å². The topological polar surface area (TPSA) is 56.0 Å². The van der Waals surface area contributed by atoms with E-state index in [-0.39, 0.29) is 11.4 Å². The molecule has 0 aliphatic carbocycles. The van der Waals surface area contributed by atoms with Crippen molar-refractivity contribution in [1.82, 2.24) is 4.98 Å². The third-order valence-corrected chi connectivity index (χ3v) is 1.05. The van der Waals surface area contributed by atoms with Gasteiger partial charge < -0.3 is 5.73 Å². The van der Waals surface area contributed by atoms with Gasteiger partial charge >= 0.3 is 0 Å². The molecule has 0 spiro atoms. The summed E-state index contributed by atoms with van der Waals surface area (Å²) in [5.41, 5.74) is 5.36. The number of hydrogen-bond acceptors (Lipinski definition) is 3. The predicted molar refractivity (Wildman–Crippen MR) is 34.0 cm³/mol. The van der Waals surface area contributed by atoms with Crippen LogP contribution in [0.15, 0.2) is 12.1 Å². The molecule has 10 heavy (non-hydrogen) atoms. The zero-order valence-corrected chi connectivity index (χ0v) is 5.04. The van der Waals surface area contributed by atoms with E-state index in [1.165, 1.54) is 6.07 Å². The van der Waals surface area contributed by atoms with Gasteiger partial charge in [0.05, 0.1) is 5.56 Å². The van der Waals surface area contributed by atoms with Crippen molar-refractivity contribution >= 4 is 12.1 Å². The molecular formula is C6H5FN2O. The molecule has 0 aliphatic rings. The SMILES string of the molecule is Nc1nc(F)ccc1C=O. The third kappa shape index (κ3) is 1.10. The van der Waals surface area contributed by atoms with Crippen LogP contribution in [0, 0.1) is 5.95 Å². The number of carbonyl (C=O) groups is 1. The lowest BCUT2D eigenvalue weighted by atomic mass is 10.3. The molecule has 0 bridgehead atoms. The van der Waals surface area contributed by atoms with Gasteiger partial charge in [0.1, 0.15) is 5.82 Å². The number of aromatic nitrogens is 1. The van der Waals surface area contributed by atoms with Crippen molar-refractivity contribution in [3.05, 3.63) is 23.6 Å². The highest BCUT2D eigenvalue weighted by molar-refractivity contribution is 5.81. The number of nitrogen functional groups attached to an aromatic ring is 1. The molecule has 0 aliphatic heterocycles. The van der Waals surface area contributed by atoms with Crippen LogP contribution in [0.4, 0.5) is 10.2 Å². The molecule has 2 N–H and O–H groups in total. The van der Waals surface area contributed by atoms with Crippen LogP contribution in [-0.2, 0) is 0 Å². The van der Waals surface area contributed by atoms with Crippen molar-refractivity contribution in [1.29, 1.82) is 0 Å².